The Morgan fingerprint density at radius 2 is 1.63 bits per heavy atom. The number of nitrogens with zero attached hydrogens (tertiary/aromatic N) is 1. The molecule has 35 heavy (non-hydrogen) atoms. The molecule has 0 saturated heterocycles. The van der Waals surface area contributed by atoms with Crippen molar-refractivity contribution in [2.24, 2.45) is 0 Å². The van der Waals surface area contributed by atoms with Crippen LogP contribution in [0.1, 0.15) is 0 Å². The highest BCUT2D eigenvalue weighted by atomic mass is 35.5. The second kappa shape index (κ2) is 11.8. The van der Waals surface area contributed by atoms with Crippen LogP contribution < -0.4 is 23.8 Å². The van der Waals surface area contributed by atoms with E-state index in [0.29, 0.717) is 16.5 Å². The number of hydrogen-bond acceptors (Lipinski definition) is 6. The number of methoxy groups -OCH3 is 2. The Kier molecular flexibility index (Phi) is 8.78. The molecular weight excluding hydrogens is 499 g/mol. The van der Waals surface area contributed by atoms with Crippen molar-refractivity contribution in [1.29, 1.82) is 0 Å². The molecule has 0 aliphatic rings. The molecule has 0 saturated carbocycles. The summed E-state index contributed by atoms with van der Waals surface area (Å²) in [5.41, 5.74) is 0.119. The van der Waals surface area contributed by atoms with E-state index in [1.807, 2.05) is 0 Å². The summed E-state index contributed by atoms with van der Waals surface area (Å²) in [6.45, 7) is -0.245. The van der Waals surface area contributed by atoms with Crippen molar-refractivity contribution in [2.45, 2.75) is 4.90 Å². The van der Waals surface area contributed by atoms with Crippen molar-refractivity contribution in [3.05, 3.63) is 77.6 Å². The molecule has 0 unspecified atom stereocenters. The second-order valence-electron chi connectivity index (χ2n) is 7.16. The molecule has 0 heterocycles. The van der Waals surface area contributed by atoms with E-state index in [-0.39, 0.29) is 29.5 Å². The van der Waals surface area contributed by atoms with Gasteiger partial charge in [-0.3, -0.25) is 9.10 Å². The number of nitrogens with one attached hydrogen (secondary N) is 1. The number of anilines is 1. The van der Waals surface area contributed by atoms with Crippen LogP contribution in [0.25, 0.3) is 0 Å². The first kappa shape index (κ1) is 26.1. The van der Waals surface area contributed by atoms with Gasteiger partial charge in [-0.25, -0.2) is 12.8 Å². The lowest BCUT2D eigenvalue weighted by Gasteiger charge is -2.24. The summed E-state index contributed by atoms with van der Waals surface area (Å²) < 4.78 is 57.2. The maximum atomic E-state index is 13.5. The first-order valence-corrected chi connectivity index (χ1v) is 12.2. The Morgan fingerprint density at radius 1 is 0.971 bits per heavy atom. The van der Waals surface area contributed by atoms with E-state index < -0.39 is 28.3 Å². The molecule has 3 aromatic carbocycles. The van der Waals surface area contributed by atoms with Gasteiger partial charge in [0.15, 0.2) is 11.5 Å². The predicted molar refractivity (Wildman–Crippen MR) is 130 cm³/mol. The highest BCUT2D eigenvalue weighted by Gasteiger charge is 2.28. The summed E-state index contributed by atoms with van der Waals surface area (Å²) in [6.07, 6.45) is 0. The largest absolute Gasteiger partial charge is 0.493 e. The van der Waals surface area contributed by atoms with Gasteiger partial charge in [-0.1, -0.05) is 11.6 Å². The van der Waals surface area contributed by atoms with Gasteiger partial charge >= 0.3 is 0 Å². The van der Waals surface area contributed by atoms with Crippen LogP contribution in [-0.4, -0.2) is 48.2 Å². The van der Waals surface area contributed by atoms with Gasteiger partial charge in [0.25, 0.3) is 10.0 Å². The third-order valence-corrected chi connectivity index (χ3v) is 6.87. The molecule has 0 aliphatic carbocycles. The van der Waals surface area contributed by atoms with Crippen molar-refractivity contribution in [2.75, 3.05) is 38.2 Å². The van der Waals surface area contributed by atoms with Crippen LogP contribution in [-0.2, 0) is 14.8 Å². The van der Waals surface area contributed by atoms with Gasteiger partial charge in [0, 0.05) is 11.1 Å². The number of ether oxygens (including phenoxy) is 3. The molecule has 0 aliphatic heterocycles. The number of rotatable bonds is 11. The average molecular weight is 523 g/mol. The summed E-state index contributed by atoms with van der Waals surface area (Å²) in [5.74, 6) is 0.0151. The minimum atomic E-state index is -4.23. The number of carbonyl (C=O) groups excluding carboxylic acids is 1. The molecule has 186 valence electrons. The first-order valence-electron chi connectivity index (χ1n) is 10.4. The van der Waals surface area contributed by atoms with Crippen LogP contribution in [0.5, 0.6) is 17.2 Å². The quantitative estimate of drug-likeness (QED) is 0.384. The third-order valence-electron chi connectivity index (χ3n) is 4.85. The van der Waals surface area contributed by atoms with Crippen molar-refractivity contribution >= 4 is 33.2 Å². The minimum Gasteiger partial charge on any atom is -0.493 e. The van der Waals surface area contributed by atoms with E-state index in [9.17, 15) is 17.6 Å². The zero-order chi connectivity index (χ0) is 25.4. The van der Waals surface area contributed by atoms with Crippen LogP contribution in [0.4, 0.5) is 10.1 Å². The van der Waals surface area contributed by atoms with Crippen LogP contribution in [0.15, 0.2) is 71.6 Å². The van der Waals surface area contributed by atoms with Crippen molar-refractivity contribution < 1.29 is 31.8 Å². The van der Waals surface area contributed by atoms with Gasteiger partial charge in [-0.2, -0.15) is 0 Å². The van der Waals surface area contributed by atoms with Crippen molar-refractivity contribution in [3.8, 4) is 17.2 Å². The average Bonchev–Trinajstić information content (AvgIpc) is 2.86. The summed E-state index contributed by atoms with van der Waals surface area (Å²) in [7, 11) is -1.42. The third kappa shape index (κ3) is 6.77. The lowest BCUT2D eigenvalue weighted by atomic mass is 10.3. The van der Waals surface area contributed by atoms with Gasteiger partial charge < -0.3 is 19.5 Å². The summed E-state index contributed by atoms with van der Waals surface area (Å²) >= 11 is 5.83. The first-order chi connectivity index (χ1) is 16.7. The number of halogens is 2. The van der Waals surface area contributed by atoms with E-state index >= 15 is 0 Å². The van der Waals surface area contributed by atoms with Gasteiger partial charge in [0.2, 0.25) is 5.91 Å². The maximum Gasteiger partial charge on any atom is 0.264 e. The molecule has 0 radical (unpaired) electrons. The molecule has 0 aromatic heterocycles. The molecule has 8 nitrogen and oxygen atoms in total. The zero-order valence-electron chi connectivity index (χ0n) is 19.0. The lowest BCUT2D eigenvalue weighted by Crippen LogP contribution is -2.42. The molecule has 3 aromatic rings. The Hall–Kier alpha value is -3.50. The fourth-order valence-electron chi connectivity index (χ4n) is 3.10. The standard InChI is InChI=1S/C24H24ClFN2O6S/c1-32-22-12-11-21(15-23(22)33-2)35(30,31)28(19-7-5-18(26)6-8-19)16-24(29)27-13-14-34-20-9-3-17(25)4-10-20/h3-12,15H,13-14,16H2,1-2H3,(H,27,29). The van der Waals surface area contributed by atoms with Gasteiger partial charge in [0.1, 0.15) is 24.7 Å². The van der Waals surface area contributed by atoms with Crippen molar-refractivity contribution in [1.82, 2.24) is 5.32 Å². The van der Waals surface area contributed by atoms with Crippen LogP contribution in [0.2, 0.25) is 5.02 Å². The number of sulfonamides is 1. The molecule has 0 spiro atoms. The van der Waals surface area contributed by atoms with E-state index in [1.165, 1.54) is 44.6 Å². The van der Waals surface area contributed by atoms with Crippen LogP contribution in [0.3, 0.4) is 0 Å². The van der Waals surface area contributed by atoms with E-state index in [4.69, 9.17) is 25.8 Å². The van der Waals surface area contributed by atoms with Gasteiger partial charge in [0.05, 0.1) is 31.3 Å². The molecule has 3 rings (SSSR count). The summed E-state index contributed by atoms with van der Waals surface area (Å²) in [5, 5.41) is 3.20. The number of hydrogen-bond donors (Lipinski definition) is 1. The summed E-state index contributed by atoms with van der Waals surface area (Å²) in [4.78, 5) is 12.5. The monoisotopic (exact) mass is 522 g/mol. The molecule has 1 amide bonds. The molecule has 11 heteroatoms. The summed E-state index contributed by atoms with van der Waals surface area (Å²) in [6, 6.07) is 15.6. The second-order valence-corrected chi connectivity index (χ2v) is 9.46. The van der Waals surface area contributed by atoms with E-state index in [0.717, 1.165) is 16.4 Å². The van der Waals surface area contributed by atoms with Gasteiger partial charge in [-0.15, -0.1) is 0 Å². The Labute approximate surface area is 208 Å². The Balaban J connectivity index is 1.76. The SMILES string of the molecule is COc1ccc(S(=O)(=O)N(CC(=O)NCCOc2ccc(Cl)cc2)c2ccc(F)cc2)cc1OC. The molecule has 1 N–H and O–H groups in total. The number of benzene rings is 3. The topological polar surface area (TPSA) is 94.2 Å². The van der Waals surface area contributed by atoms with Crippen LogP contribution >= 0.6 is 11.6 Å². The smallest absolute Gasteiger partial charge is 0.264 e. The van der Waals surface area contributed by atoms with Gasteiger partial charge in [-0.05, 0) is 60.7 Å². The molecular formula is C24H24ClFN2O6S. The molecule has 0 bridgehead atoms. The highest BCUT2D eigenvalue weighted by Crippen LogP contribution is 2.32. The lowest BCUT2D eigenvalue weighted by molar-refractivity contribution is -0.119. The van der Waals surface area contributed by atoms with E-state index in [2.05, 4.69) is 5.32 Å². The highest BCUT2D eigenvalue weighted by molar-refractivity contribution is 7.92. The number of carbonyl (C=O) groups is 1. The fourth-order valence-corrected chi connectivity index (χ4v) is 4.67. The normalized spacial score (nSPS) is 11.0. The molecule has 0 fully saturated rings. The maximum absolute atomic E-state index is 13.5. The minimum absolute atomic E-state index is 0.119. The number of amides is 1. The zero-order valence-corrected chi connectivity index (χ0v) is 20.6. The fraction of sp³-hybridized carbons (Fsp3) is 0.208. The van der Waals surface area contributed by atoms with E-state index in [1.54, 1.807) is 24.3 Å². The Bertz CT molecular complexity index is 1250. The Morgan fingerprint density at radius 3 is 2.26 bits per heavy atom. The molecule has 0 atom stereocenters. The predicted octanol–water partition coefficient (Wildman–Crippen LogP) is 3.89. The van der Waals surface area contributed by atoms with Crippen molar-refractivity contribution in [3.63, 3.8) is 0 Å². The van der Waals surface area contributed by atoms with Crippen LogP contribution in [0, 0.1) is 5.82 Å².